The summed E-state index contributed by atoms with van der Waals surface area (Å²) in [5.74, 6) is 0. The van der Waals surface area contributed by atoms with Crippen molar-refractivity contribution in [3.8, 4) is 0 Å². The smallest absolute Gasteiger partial charge is 0.273 e. The van der Waals surface area contributed by atoms with Crippen LogP contribution in [0, 0.1) is 17.0 Å². The maximum absolute atomic E-state index is 10.9. The first-order chi connectivity index (χ1) is 9.01. The maximum Gasteiger partial charge on any atom is 0.273 e. The summed E-state index contributed by atoms with van der Waals surface area (Å²) >= 11 is 5.34. The van der Waals surface area contributed by atoms with Crippen LogP contribution in [0.5, 0.6) is 0 Å². The van der Waals surface area contributed by atoms with Crippen LogP contribution in [0.25, 0.3) is 0 Å². The highest BCUT2D eigenvalue weighted by Gasteiger charge is 2.24. The summed E-state index contributed by atoms with van der Waals surface area (Å²) in [7, 11) is 0. The van der Waals surface area contributed by atoms with Crippen LogP contribution in [0.3, 0.4) is 0 Å². The van der Waals surface area contributed by atoms with Gasteiger partial charge in [0.2, 0.25) is 0 Å². The van der Waals surface area contributed by atoms with Gasteiger partial charge in [-0.25, -0.2) is 0 Å². The minimum absolute atomic E-state index is 0.158. The van der Waals surface area contributed by atoms with E-state index in [0.717, 1.165) is 28.3 Å². The summed E-state index contributed by atoms with van der Waals surface area (Å²) in [4.78, 5) is 10.5. The van der Waals surface area contributed by atoms with Gasteiger partial charge in [0.15, 0.2) is 0 Å². The molecule has 0 amide bonds. The highest BCUT2D eigenvalue weighted by Crippen LogP contribution is 2.35. The lowest BCUT2D eigenvalue weighted by atomic mass is 10.1. The second-order valence-corrected chi connectivity index (χ2v) is 6.88. The van der Waals surface area contributed by atoms with Gasteiger partial charge in [-0.3, -0.25) is 10.1 Å². The van der Waals surface area contributed by atoms with E-state index >= 15 is 0 Å². The molecule has 0 aromatic heterocycles. The molecule has 104 valence electrons. The summed E-state index contributed by atoms with van der Waals surface area (Å²) in [5, 5.41) is 15.1. The van der Waals surface area contributed by atoms with Crippen LogP contribution in [0.15, 0.2) is 16.6 Å². The number of hydrogen-bond donors (Lipinski definition) is 1. The van der Waals surface area contributed by atoms with Gasteiger partial charge in [0.05, 0.1) is 4.92 Å². The number of benzene rings is 1. The Kier molecular flexibility index (Phi) is 4.73. The van der Waals surface area contributed by atoms with Crippen molar-refractivity contribution in [2.75, 3.05) is 11.6 Å². The maximum atomic E-state index is 10.9. The number of anilines is 1. The molecule has 19 heavy (non-hydrogen) atoms. The van der Waals surface area contributed by atoms with E-state index in [-0.39, 0.29) is 10.6 Å². The van der Waals surface area contributed by atoms with Crippen molar-refractivity contribution in [2.45, 2.75) is 37.5 Å². The summed E-state index contributed by atoms with van der Waals surface area (Å²) < 4.78 is 0.761. The Morgan fingerprint density at radius 1 is 1.47 bits per heavy atom. The molecule has 2 rings (SSSR count). The van der Waals surface area contributed by atoms with Crippen molar-refractivity contribution in [3.63, 3.8) is 0 Å². The van der Waals surface area contributed by atoms with E-state index in [4.69, 9.17) is 0 Å². The number of aryl methyl sites for hydroxylation is 1. The molecule has 0 saturated heterocycles. The third-order valence-electron chi connectivity index (χ3n) is 3.56. The molecule has 0 spiro atoms. The SMILES string of the molecule is CSC1CCC(Nc2cc(C)c([N+](=O)[O-])cc2Br)C1. The van der Waals surface area contributed by atoms with E-state index in [2.05, 4.69) is 27.5 Å². The van der Waals surface area contributed by atoms with Gasteiger partial charge >= 0.3 is 0 Å². The number of nitro groups is 1. The lowest BCUT2D eigenvalue weighted by Gasteiger charge is -2.16. The molecule has 0 radical (unpaired) electrons. The second-order valence-electron chi connectivity index (χ2n) is 4.89. The van der Waals surface area contributed by atoms with Gasteiger partial charge in [0.1, 0.15) is 0 Å². The van der Waals surface area contributed by atoms with Crippen LogP contribution in [-0.2, 0) is 0 Å². The standard InChI is InChI=1S/C13H17BrN2O2S/c1-8-5-12(11(14)7-13(8)16(17)18)15-9-3-4-10(6-9)19-2/h5,7,9-10,15H,3-4,6H2,1-2H3. The molecule has 4 nitrogen and oxygen atoms in total. The number of nitrogens with one attached hydrogen (secondary N) is 1. The molecule has 1 aromatic rings. The molecule has 1 aliphatic carbocycles. The minimum atomic E-state index is -0.344. The van der Waals surface area contributed by atoms with Crippen molar-refractivity contribution in [2.24, 2.45) is 0 Å². The van der Waals surface area contributed by atoms with Gasteiger partial charge in [0, 0.05) is 33.1 Å². The predicted octanol–water partition coefficient (Wildman–Crippen LogP) is 4.36. The molecular formula is C13H17BrN2O2S. The quantitative estimate of drug-likeness (QED) is 0.651. The fourth-order valence-corrected chi connectivity index (χ4v) is 3.73. The highest BCUT2D eigenvalue weighted by atomic mass is 79.9. The molecule has 1 saturated carbocycles. The topological polar surface area (TPSA) is 55.2 Å². The Labute approximate surface area is 125 Å². The summed E-state index contributed by atoms with van der Waals surface area (Å²) in [6, 6.07) is 3.91. The fraction of sp³-hybridized carbons (Fsp3) is 0.538. The first-order valence-corrected chi connectivity index (χ1v) is 8.33. The number of rotatable bonds is 4. The first-order valence-electron chi connectivity index (χ1n) is 6.25. The number of nitrogens with zero attached hydrogens (tertiary/aromatic N) is 1. The molecule has 1 fully saturated rings. The number of halogens is 1. The van der Waals surface area contributed by atoms with E-state index in [0.29, 0.717) is 11.6 Å². The molecule has 1 aliphatic rings. The lowest BCUT2D eigenvalue weighted by Crippen LogP contribution is -2.16. The molecule has 0 aliphatic heterocycles. The normalized spacial score (nSPS) is 22.5. The average Bonchev–Trinajstić information content (AvgIpc) is 2.80. The van der Waals surface area contributed by atoms with Crippen LogP contribution in [0.2, 0.25) is 0 Å². The summed E-state index contributed by atoms with van der Waals surface area (Å²) in [6.45, 7) is 1.77. The van der Waals surface area contributed by atoms with Gasteiger partial charge in [0.25, 0.3) is 5.69 Å². The molecule has 1 aromatic carbocycles. The molecule has 1 N–H and O–H groups in total. The number of hydrogen-bond acceptors (Lipinski definition) is 4. The van der Waals surface area contributed by atoms with Gasteiger partial charge in [-0.2, -0.15) is 11.8 Å². The van der Waals surface area contributed by atoms with Crippen molar-refractivity contribution in [3.05, 3.63) is 32.3 Å². The van der Waals surface area contributed by atoms with E-state index < -0.39 is 0 Å². The third kappa shape index (κ3) is 3.42. The Balaban J connectivity index is 2.13. The van der Waals surface area contributed by atoms with Crippen LogP contribution in [-0.4, -0.2) is 22.5 Å². The fourth-order valence-electron chi connectivity index (χ4n) is 2.48. The van der Waals surface area contributed by atoms with Crippen molar-refractivity contribution < 1.29 is 4.92 Å². The minimum Gasteiger partial charge on any atom is -0.381 e. The molecular weight excluding hydrogens is 328 g/mol. The van der Waals surface area contributed by atoms with E-state index in [1.807, 2.05) is 17.8 Å². The Morgan fingerprint density at radius 2 is 2.21 bits per heavy atom. The average molecular weight is 345 g/mol. The Morgan fingerprint density at radius 3 is 2.79 bits per heavy atom. The van der Waals surface area contributed by atoms with E-state index in [1.165, 1.54) is 6.42 Å². The van der Waals surface area contributed by atoms with Crippen LogP contribution < -0.4 is 5.32 Å². The zero-order valence-electron chi connectivity index (χ0n) is 11.0. The zero-order chi connectivity index (χ0) is 14.0. The molecule has 6 heteroatoms. The number of nitro benzene ring substituents is 1. The molecule has 2 atom stereocenters. The monoisotopic (exact) mass is 344 g/mol. The van der Waals surface area contributed by atoms with Gasteiger partial charge in [-0.1, -0.05) is 0 Å². The lowest BCUT2D eigenvalue weighted by molar-refractivity contribution is -0.385. The molecule has 0 heterocycles. The van der Waals surface area contributed by atoms with Gasteiger partial charge in [-0.05, 0) is 54.4 Å². The van der Waals surface area contributed by atoms with E-state index in [9.17, 15) is 10.1 Å². The molecule has 2 unspecified atom stereocenters. The predicted molar refractivity (Wildman–Crippen MR) is 84.1 cm³/mol. The number of thioether (sulfide) groups is 1. The van der Waals surface area contributed by atoms with Crippen LogP contribution in [0.4, 0.5) is 11.4 Å². The third-order valence-corrected chi connectivity index (χ3v) is 5.31. The van der Waals surface area contributed by atoms with Crippen LogP contribution >= 0.6 is 27.7 Å². The van der Waals surface area contributed by atoms with Gasteiger partial charge < -0.3 is 5.32 Å². The second kappa shape index (κ2) is 6.13. The zero-order valence-corrected chi connectivity index (χ0v) is 13.4. The van der Waals surface area contributed by atoms with Crippen molar-refractivity contribution in [1.82, 2.24) is 0 Å². The van der Waals surface area contributed by atoms with Gasteiger partial charge in [-0.15, -0.1) is 0 Å². The Hall–Kier alpha value is -0.750. The summed E-state index contributed by atoms with van der Waals surface area (Å²) in [5.41, 5.74) is 1.80. The van der Waals surface area contributed by atoms with Crippen LogP contribution in [0.1, 0.15) is 24.8 Å². The van der Waals surface area contributed by atoms with Crippen molar-refractivity contribution in [1.29, 1.82) is 0 Å². The van der Waals surface area contributed by atoms with Crippen molar-refractivity contribution >= 4 is 39.1 Å². The highest BCUT2D eigenvalue weighted by molar-refractivity contribution is 9.10. The van der Waals surface area contributed by atoms with E-state index in [1.54, 1.807) is 13.0 Å². The Bertz CT molecular complexity index is 496. The largest absolute Gasteiger partial charge is 0.381 e. The first kappa shape index (κ1) is 14.7. The summed E-state index contributed by atoms with van der Waals surface area (Å²) in [6.07, 6.45) is 5.71. The molecule has 0 bridgehead atoms.